The molecular weight excluding hydrogens is 354 g/mol. The molecule has 1 heterocycles. The van der Waals surface area contributed by atoms with Gasteiger partial charge in [0.15, 0.2) is 0 Å². The van der Waals surface area contributed by atoms with E-state index in [4.69, 9.17) is 0 Å². The molecule has 4 rings (SSSR count). The number of nitrogens with zero attached hydrogens (tertiary/aromatic N) is 1. The summed E-state index contributed by atoms with van der Waals surface area (Å²) < 4.78 is 0. The number of carbonyl (C=O) groups is 1. The standard InChI is InChI=1S/C27H29NO/c1-16-12-22(13-17(2)20(16)5)27(23-14-18(3)21(6)19(4)15-23)25-11-9-8-10-24(25)26(29)28(27)7/h8-15H,1-7H3. The fourth-order valence-corrected chi connectivity index (χ4v) is 4.85. The molecule has 3 aromatic rings. The van der Waals surface area contributed by atoms with Crippen LogP contribution in [0.15, 0.2) is 48.5 Å². The molecule has 0 unspecified atom stereocenters. The number of fused-ring (bicyclic) bond motifs is 1. The normalized spacial score (nSPS) is 15.0. The van der Waals surface area contributed by atoms with Crippen molar-refractivity contribution in [1.29, 1.82) is 0 Å². The molecule has 1 aliphatic heterocycles. The maximum atomic E-state index is 13.4. The Morgan fingerprint density at radius 2 is 1.10 bits per heavy atom. The van der Waals surface area contributed by atoms with Gasteiger partial charge in [-0.3, -0.25) is 4.79 Å². The van der Waals surface area contributed by atoms with Crippen LogP contribution >= 0.6 is 0 Å². The Balaban J connectivity index is 2.17. The summed E-state index contributed by atoms with van der Waals surface area (Å²) in [5, 5.41) is 0. The number of benzene rings is 3. The van der Waals surface area contributed by atoms with Crippen molar-refractivity contribution in [3.05, 3.63) is 104 Å². The minimum absolute atomic E-state index is 0.0763. The van der Waals surface area contributed by atoms with E-state index in [2.05, 4.69) is 71.9 Å². The minimum atomic E-state index is -0.625. The second-order valence-electron chi connectivity index (χ2n) is 8.59. The average molecular weight is 384 g/mol. The molecular formula is C27H29NO. The summed E-state index contributed by atoms with van der Waals surface area (Å²) in [6.07, 6.45) is 0. The summed E-state index contributed by atoms with van der Waals surface area (Å²) in [7, 11) is 1.94. The lowest BCUT2D eigenvalue weighted by molar-refractivity contribution is 0.0736. The van der Waals surface area contributed by atoms with Crippen molar-refractivity contribution in [2.45, 2.75) is 47.1 Å². The molecule has 3 aromatic carbocycles. The maximum absolute atomic E-state index is 13.4. The molecule has 2 heteroatoms. The second kappa shape index (κ2) is 6.59. The molecule has 2 nitrogen and oxygen atoms in total. The Bertz CT molecular complexity index is 1050. The first-order valence-electron chi connectivity index (χ1n) is 10.2. The highest BCUT2D eigenvalue weighted by Crippen LogP contribution is 2.49. The van der Waals surface area contributed by atoms with E-state index in [1.165, 1.54) is 33.4 Å². The zero-order chi connectivity index (χ0) is 21.1. The molecule has 0 atom stereocenters. The molecule has 1 amide bonds. The van der Waals surface area contributed by atoms with Crippen LogP contribution in [-0.2, 0) is 5.54 Å². The Labute approximate surface area is 174 Å². The SMILES string of the molecule is Cc1cc(C2(c3cc(C)c(C)c(C)c3)c3ccccc3C(=O)N2C)cc(C)c1C. The maximum Gasteiger partial charge on any atom is 0.255 e. The van der Waals surface area contributed by atoms with Crippen LogP contribution in [-0.4, -0.2) is 17.9 Å². The van der Waals surface area contributed by atoms with Gasteiger partial charge in [0.2, 0.25) is 0 Å². The zero-order valence-corrected chi connectivity index (χ0v) is 18.5. The second-order valence-corrected chi connectivity index (χ2v) is 8.59. The Hall–Kier alpha value is -2.87. The van der Waals surface area contributed by atoms with Crippen LogP contribution in [0.2, 0.25) is 0 Å². The van der Waals surface area contributed by atoms with Crippen molar-refractivity contribution < 1.29 is 4.79 Å². The first kappa shape index (κ1) is 19.4. The van der Waals surface area contributed by atoms with Gasteiger partial charge in [-0.25, -0.2) is 0 Å². The fourth-order valence-electron chi connectivity index (χ4n) is 4.85. The van der Waals surface area contributed by atoms with Crippen LogP contribution < -0.4 is 0 Å². The number of aryl methyl sites for hydroxylation is 4. The number of carbonyl (C=O) groups excluding carboxylic acids is 1. The number of hydrogen-bond donors (Lipinski definition) is 0. The smallest absolute Gasteiger partial charge is 0.255 e. The highest BCUT2D eigenvalue weighted by molar-refractivity contribution is 6.01. The molecule has 29 heavy (non-hydrogen) atoms. The van der Waals surface area contributed by atoms with Crippen LogP contribution in [0.5, 0.6) is 0 Å². The molecule has 0 N–H and O–H groups in total. The van der Waals surface area contributed by atoms with Crippen molar-refractivity contribution >= 4 is 5.91 Å². The molecule has 0 saturated carbocycles. The predicted molar refractivity (Wildman–Crippen MR) is 120 cm³/mol. The van der Waals surface area contributed by atoms with E-state index >= 15 is 0 Å². The van der Waals surface area contributed by atoms with E-state index in [9.17, 15) is 4.79 Å². The Kier molecular flexibility index (Phi) is 4.42. The van der Waals surface area contributed by atoms with Gasteiger partial charge < -0.3 is 4.90 Å². The summed E-state index contributed by atoms with van der Waals surface area (Å²) in [5.41, 5.74) is 11.2. The Morgan fingerprint density at radius 3 is 1.55 bits per heavy atom. The molecule has 0 saturated heterocycles. The number of hydrogen-bond acceptors (Lipinski definition) is 1. The van der Waals surface area contributed by atoms with Gasteiger partial charge in [0.25, 0.3) is 5.91 Å². The van der Waals surface area contributed by atoms with E-state index in [1.54, 1.807) is 0 Å². The topological polar surface area (TPSA) is 20.3 Å². The summed E-state index contributed by atoms with van der Waals surface area (Å²) in [5.74, 6) is 0.0763. The van der Waals surface area contributed by atoms with E-state index in [0.717, 1.165) is 22.3 Å². The molecule has 1 aliphatic rings. The number of rotatable bonds is 2. The van der Waals surface area contributed by atoms with Gasteiger partial charge in [-0.05, 0) is 97.7 Å². The van der Waals surface area contributed by atoms with Crippen LogP contribution in [0.25, 0.3) is 0 Å². The van der Waals surface area contributed by atoms with Crippen LogP contribution in [0, 0.1) is 41.5 Å². The molecule has 0 bridgehead atoms. The van der Waals surface area contributed by atoms with Crippen molar-refractivity contribution in [2.75, 3.05) is 7.05 Å². The predicted octanol–water partition coefficient (Wildman–Crippen LogP) is 5.91. The number of amides is 1. The summed E-state index contributed by atoms with van der Waals surface area (Å²) in [4.78, 5) is 15.3. The molecule has 0 fully saturated rings. The fraction of sp³-hybridized carbons (Fsp3) is 0.296. The molecule has 0 radical (unpaired) electrons. The van der Waals surface area contributed by atoms with Crippen molar-refractivity contribution in [2.24, 2.45) is 0 Å². The first-order valence-corrected chi connectivity index (χ1v) is 10.2. The van der Waals surface area contributed by atoms with E-state index in [1.807, 2.05) is 30.1 Å². The van der Waals surface area contributed by atoms with Crippen LogP contribution in [0.1, 0.15) is 60.4 Å². The first-order chi connectivity index (χ1) is 13.7. The van der Waals surface area contributed by atoms with Crippen molar-refractivity contribution in [3.63, 3.8) is 0 Å². The van der Waals surface area contributed by atoms with Gasteiger partial charge >= 0.3 is 0 Å². The lowest BCUT2D eigenvalue weighted by Crippen LogP contribution is -2.43. The quantitative estimate of drug-likeness (QED) is 0.538. The molecule has 0 aromatic heterocycles. The molecule has 0 spiro atoms. The third-order valence-electron chi connectivity index (χ3n) is 7.04. The van der Waals surface area contributed by atoms with E-state index in [0.29, 0.717) is 0 Å². The lowest BCUT2D eigenvalue weighted by Gasteiger charge is -2.39. The van der Waals surface area contributed by atoms with Crippen LogP contribution in [0.3, 0.4) is 0 Å². The van der Waals surface area contributed by atoms with Gasteiger partial charge in [0.1, 0.15) is 5.54 Å². The Morgan fingerprint density at radius 1 is 0.690 bits per heavy atom. The van der Waals surface area contributed by atoms with Gasteiger partial charge in [0.05, 0.1) is 0 Å². The van der Waals surface area contributed by atoms with Gasteiger partial charge in [-0.15, -0.1) is 0 Å². The lowest BCUT2D eigenvalue weighted by atomic mass is 9.74. The van der Waals surface area contributed by atoms with Crippen molar-refractivity contribution in [1.82, 2.24) is 4.90 Å². The van der Waals surface area contributed by atoms with Crippen LogP contribution in [0.4, 0.5) is 0 Å². The molecule has 148 valence electrons. The third-order valence-corrected chi connectivity index (χ3v) is 7.04. The monoisotopic (exact) mass is 383 g/mol. The molecule has 0 aliphatic carbocycles. The van der Waals surface area contributed by atoms with Gasteiger partial charge in [-0.1, -0.05) is 42.5 Å². The van der Waals surface area contributed by atoms with Gasteiger partial charge in [-0.2, -0.15) is 0 Å². The van der Waals surface area contributed by atoms with E-state index in [-0.39, 0.29) is 5.91 Å². The van der Waals surface area contributed by atoms with E-state index < -0.39 is 5.54 Å². The average Bonchev–Trinajstić information content (AvgIpc) is 2.92. The van der Waals surface area contributed by atoms with Gasteiger partial charge in [0, 0.05) is 12.6 Å². The highest BCUT2D eigenvalue weighted by atomic mass is 16.2. The summed E-state index contributed by atoms with van der Waals surface area (Å²) in [6, 6.07) is 17.1. The minimum Gasteiger partial charge on any atom is -0.324 e. The zero-order valence-electron chi connectivity index (χ0n) is 18.5. The largest absolute Gasteiger partial charge is 0.324 e. The van der Waals surface area contributed by atoms with Crippen molar-refractivity contribution in [3.8, 4) is 0 Å². The summed E-state index contributed by atoms with van der Waals surface area (Å²) in [6.45, 7) is 13.0. The third kappa shape index (κ3) is 2.58. The summed E-state index contributed by atoms with van der Waals surface area (Å²) >= 11 is 0. The highest BCUT2D eigenvalue weighted by Gasteiger charge is 2.50.